The molecule has 5 aromatic rings. The number of rotatable bonds is 3. The summed E-state index contributed by atoms with van der Waals surface area (Å²) in [6.45, 7) is 0. The molecule has 0 aliphatic rings. The van der Waals surface area contributed by atoms with Gasteiger partial charge in [0.15, 0.2) is 0 Å². The van der Waals surface area contributed by atoms with Crippen molar-refractivity contribution in [1.29, 1.82) is 0 Å². The summed E-state index contributed by atoms with van der Waals surface area (Å²) in [5, 5.41) is 3.80. The predicted molar refractivity (Wildman–Crippen MR) is 122 cm³/mol. The molecule has 0 aliphatic carbocycles. The number of H-pyrrole nitrogens is 1. The molecule has 9 heteroatoms. The second-order valence-corrected chi connectivity index (χ2v) is 8.05. The van der Waals surface area contributed by atoms with Crippen LogP contribution in [0, 0.1) is 0 Å². The molecular formula is C22H12BrClN4O3. The molecule has 0 atom stereocenters. The monoisotopic (exact) mass is 494 g/mol. The molecule has 0 bridgehead atoms. The summed E-state index contributed by atoms with van der Waals surface area (Å²) in [6.07, 6.45) is 3.07. The number of halogens is 2. The number of furan rings is 1. The number of nitrogens with zero attached hydrogens (tertiary/aromatic N) is 2. The number of aromatic nitrogens is 3. The van der Waals surface area contributed by atoms with Crippen LogP contribution >= 0.6 is 27.5 Å². The molecule has 152 valence electrons. The zero-order chi connectivity index (χ0) is 21.5. The Balaban J connectivity index is 1.54. The number of amides is 1. The highest BCUT2D eigenvalue weighted by atomic mass is 79.9. The Morgan fingerprint density at radius 3 is 2.81 bits per heavy atom. The van der Waals surface area contributed by atoms with E-state index in [1.807, 2.05) is 12.1 Å². The average molecular weight is 496 g/mol. The minimum absolute atomic E-state index is 0.147. The number of pyridine rings is 1. The van der Waals surface area contributed by atoms with Crippen molar-refractivity contribution in [3.8, 4) is 11.4 Å². The number of aromatic amines is 1. The van der Waals surface area contributed by atoms with Gasteiger partial charge in [-0.1, -0.05) is 27.5 Å². The number of fused-ring (bicyclic) bond motifs is 3. The maximum absolute atomic E-state index is 12.6. The van der Waals surface area contributed by atoms with E-state index in [4.69, 9.17) is 16.0 Å². The van der Waals surface area contributed by atoms with E-state index in [1.165, 1.54) is 6.20 Å². The van der Waals surface area contributed by atoms with Gasteiger partial charge in [-0.15, -0.1) is 0 Å². The first kappa shape index (κ1) is 19.5. The van der Waals surface area contributed by atoms with Crippen molar-refractivity contribution in [1.82, 2.24) is 15.0 Å². The minimum atomic E-state index is -0.405. The molecule has 3 aromatic heterocycles. The summed E-state index contributed by atoms with van der Waals surface area (Å²) in [7, 11) is 0. The summed E-state index contributed by atoms with van der Waals surface area (Å²) in [5.74, 6) is -0.00405. The first-order valence-electron chi connectivity index (χ1n) is 9.13. The van der Waals surface area contributed by atoms with Gasteiger partial charge in [-0.05, 0) is 48.5 Å². The Morgan fingerprint density at radius 1 is 1.16 bits per heavy atom. The highest BCUT2D eigenvalue weighted by Gasteiger charge is 2.16. The van der Waals surface area contributed by atoms with E-state index >= 15 is 0 Å². The molecule has 0 saturated carbocycles. The van der Waals surface area contributed by atoms with Gasteiger partial charge in [0.25, 0.3) is 11.5 Å². The third-order valence-corrected chi connectivity index (χ3v) is 5.50. The van der Waals surface area contributed by atoms with Crippen molar-refractivity contribution >= 4 is 61.2 Å². The highest BCUT2D eigenvalue weighted by molar-refractivity contribution is 9.10. The minimum Gasteiger partial charge on any atom is -0.449 e. The van der Waals surface area contributed by atoms with Gasteiger partial charge in [-0.3, -0.25) is 14.6 Å². The van der Waals surface area contributed by atoms with Crippen molar-refractivity contribution in [3.63, 3.8) is 0 Å². The van der Waals surface area contributed by atoms with Gasteiger partial charge >= 0.3 is 0 Å². The number of nitrogens with one attached hydrogen (secondary N) is 2. The second-order valence-electron chi connectivity index (χ2n) is 6.73. The Kier molecular flexibility index (Phi) is 4.80. The lowest BCUT2D eigenvalue weighted by atomic mass is 10.1. The Morgan fingerprint density at radius 2 is 2.03 bits per heavy atom. The zero-order valence-electron chi connectivity index (χ0n) is 15.6. The molecule has 0 radical (unpaired) electrons. The molecule has 7 nitrogen and oxygen atoms in total. The first-order chi connectivity index (χ1) is 15.0. The van der Waals surface area contributed by atoms with E-state index in [0.717, 1.165) is 4.47 Å². The number of anilines is 1. The van der Waals surface area contributed by atoms with Crippen molar-refractivity contribution in [2.24, 2.45) is 0 Å². The summed E-state index contributed by atoms with van der Waals surface area (Å²) in [5.41, 5.74) is 2.20. The Labute approximate surface area is 188 Å². The molecule has 5 rings (SSSR count). The summed E-state index contributed by atoms with van der Waals surface area (Å²) in [6, 6.07) is 13.8. The second kappa shape index (κ2) is 7.64. The zero-order valence-corrected chi connectivity index (χ0v) is 18.0. The van der Waals surface area contributed by atoms with Crippen LogP contribution in [-0.4, -0.2) is 20.9 Å². The van der Waals surface area contributed by atoms with Crippen molar-refractivity contribution in [2.75, 3.05) is 5.32 Å². The van der Waals surface area contributed by atoms with Crippen LogP contribution in [0.1, 0.15) is 10.4 Å². The fourth-order valence-electron chi connectivity index (χ4n) is 3.24. The smallest absolute Gasteiger partial charge is 0.294 e. The van der Waals surface area contributed by atoms with Crippen LogP contribution in [0.4, 0.5) is 5.69 Å². The third-order valence-electron chi connectivity index (χ3n) is 4.69. The van der Waals surface area contributed by atoms with Gasteiger partial charge in [0, 0.05) is 33.5 Å². The normalized spacial score (nSPS) is 11.2. The van der Waals surface area contributed by atoms with Gasteiger partial charge in [0.2, 0.25) is 5.58 Å². The predicted octanol–water partition coefficient (Wildman–Crippen LogP) is 5.40. The average Bonchev–Trinajstić information content (AvgIpc) is 3.13. The number of carbonyl (C=O) groups is 1. The number of hydrogen-bond donors (Lipinski definition) is 2. The van der Waals surface area contributed by atoms with Crippen LogP contribution in [0.5, 0.6) is 0 Å². The molecule has 31 heavy (non-hydrogen) atoms. The lowest BCUT2D eigenvalue weighted by Gasteiger charge is -2.08. The summed E-state index contributed by atoms with van der Waals surface area (Å²) >= 11 is 9.88. The van der Waals surface area contributed by atoms with Gasteiger partial charge in [0.1, 0.15) is 16.9 Å². The van der Waals surface area contributed by atoms with Gasteiger partial charge < -0.3 is 14.7 Å². The molecule has 0 saturated heterocycles. The maximum atomic E-state index is 12.6. The molecule has 0 fully saturated rings. The van der Waals surface area contributed by atoms with Crippen LogP contribution in [0.25, 0.3) is 33.5 Å². The van der Waals surface area contributed by atoms with Crippen LogP contribution in [0.15, 0.2) is 74.6 Å². The van der Waals surface area contributed by atoms with Crippen LogP contribution in [0.2, 0.25) is 5.02 Å². The van der Waals surface area contributed by atoms with Crippen molar-refractivity contribution in [3.05, 3.63) is 86.3 Å². The lowest BCUT2D eigenvalue weighted by molar-refractivity contribution is 0.102. The molecule has 2 N–H and O–H groups in total. The van der Waals surface area contributed by atoms with E-state index in [-0.39, 0.29) is 11.5 Å². The molecule has 0 unspecified atom stereocenters. The lowest BCUT2D eigenvalue weighted by Crippen LogP contribution is -2.12. The Bertz CT molecular complexity index is 1530. The topological polar surface area (TPSA) is 101 Å². The Hall–Kier alpha value is -3.49. The summed E-state index contributed by atoms with van der Waals surface area (Å²) < 4.78 is 6.50. The number of carbonyl (C=O) groups excluding carboxylic acids is 1. The van der Waals surface area contributed by atoms with Gasteiger partial charge in [-0.25, -0.2) is 4.98 Å². The number of benzene rings is 2. The number of hydrogen-bond acceptors (Lipinski definition) is 5. The molecular weight excluding hydrogens is 484 g/mol. The SMILES string of the molecule is O=C(Nc1ccc(-c2nc3c(oc4ccc(Br)cc43)c(=O)[nH]2)c(Cl)c1)c1cccnc1. The van der Waals surface area contributed by atoms with Gasteiger partial charge in [0.05, 0.1) is 10.6 Å². The van der Waals surface area contributed by atoms with Crippen molar-refractivity contribution < 1.29 is 9.21 Å². The van der Waals surface area contributed by atoms with Crippen LogP contribution in [-0.2, 0) is 0 Å². The first-order valence-corrected chi connectivity index (χ1v) is 10.3. The maximum Gasteiger partial charge on any atom is 0.294 e. The van der Waals surface area contributed by atoms with E-state index in [9.17, 15) is 9.59 Å². The fourth-order valence-corrected chi connectivity index (χ4v) is 3.87. The van der Waals surface area contributed by atoms with E-state index in [0.29, 0.717) is 44.1 Å². The molecule has 0 aliphatic heterocycles. The van der Waals surface area contributed by atoms with Crippen LogP contribution < -0.4 is 10.9 Å². The molecule has 3 heterocycles. The summed E-state index contributed by atoms with van der Waals surface area (Å²) in [4.78, 5) is 36.2. The quantitative estimate of drug-likeness (QED) is 0.349. The van der Waals surface area contributed by atoms with Crippen LogP contribution in [0.3, 0.4) is 0 Å². The van der Waals surface area contributed by atoms with Gasteiger partial charge in [-0.2, -0.15) is 0 Å². The third kappa shape index (κ3) is 3.60. The van der Waals surface area contributed by atoms with Crippen molar-refractivity contribution in [2.45, 2.75) is 0 Å². The molecule has 1 amide bonds. The van der Waals surface area contributed by atoms with E-state index in [2.05, 4.69) is 36.2 Å². The van der Waals surface area contributed by atoms with E-state index in [1.54, 1.807) is 42.6 Å². The molecule has 0 spiro atoms. The van der Waals surface area contributed by atoms with E-state index < -0.39 is 5.56 Å². The standard InChI is InChI=1S/C22H12BrClN4O3/c23-12-3-6-17-15(8-12)18-19(31-17)22(30)28-20(27-18)14-5-4-13(9-16(14)24)26-21(29)11-2-1-7-25-10-11/h1-10H,(H,26,29)(H,27,28,30). The molecule has 2 aromatic carbocycles. The largest absolute Gasteiger partial charge is 0.449 e. The fraction of sp³-hybridized carbons (Fsp3) is 0. The highest BCUT2D eigenvalue weighted by Crippen LogP contribution is 2.32.